The maximum Gasteiger partial charge on any atom is 0.332 e. The molecule has 2 aliphatic rings. The van der Waals surface area contributed by atoms with E-state index in [1.165, 1.54) is 37.2 Å². The SMILES string of the molecule is CC(C)(O)c1coc([S@](=N)(=O)NC(=O)Nc2c(CC3CCC3)ccc3c2CC3)c1. The van der Waals surface area contributed by atoms with Gasteiger partial charge in [-0.15, -0.1) is 0 Å². The quantitative estimate of drug-likeness (QED) is 0.566. The second kappa shape index (κ2) is 7.18. The van der Waals surface area contributed by atoms with Crippen LogP contribution in [0.15, 0.2) is 34.0 Å². The number of rotatable bonds is 6. The first kappa shape index (κ1) is 20.0. The highest BCUT2D eigenvalue weighted by Gasteiger charge is 2.27. The van der Waals surface area contributed by atoms with Crippen LogP contribution in [0.2, 0.25) is 0 Å². The minimum Gasteiger partial charge on any atom is -0.452 e. The Bertz CT molecular complexity index is 1050. The molecule has 1 fully saturated rings. The van der Waals surface area contributed by atoms with E-state index in [4.69, 9.17) is 9.20 Å². The number of hydrogen-bond acceptors (Lipinski definition) is 5. The van der Waals surface area contributed by atoms with Crippen LogP contribution in [0.5, 0.6) is 0 Å². The molecule has 0 spiro atoms. The van der Waals surface area contributed by atoms with Crippen LogP contribution < -0.4 is 10.0 Å². The van der Waals surface area contributed by atoms with Gasteiger partial charge in [0, 0.05) is 17.3 Å². The third-order valence-electron chi connectivity index (χ3n) is 5.91. The van der Waals surface area contributed by atoms with Crippen molar-refractivity contribution in [1.29, 1.82) is 4.78 Å². The van der Waals surface area contributed by atoms with Crippen LogP contribution in [-0.2, 0) is 34.8 Å². The number of carbonyl (C=O) groups excluding carboxylic acids is 1. The molecular formula is C21H27N3O4S. The average molecular weight is 418 g/mol. The van der Waals surface area contributed by atoms with Gasteiger partial charge < -0.3 is 14.8 Å². The maximum absolute atomic E-state index is 12.7. The summed E-state index contributed by atoms with van der Waals surface area (Å²) in [4.78, 5) is 12.6. The minimum absolute atomic E-state index is 0.194. The fraction of sp³-hybridized carbons (Fsp3) is 0.476. The van der Waals surface area contributed by atoms with Crippen LogP contribution in [0.4, 0.5) is 10.5 Å². The summed E-state index contributed by atoms with van der Waals surface area (Å²) in [5.41, 5.74) is 3.46. The molecule has 2 aromatic rings. The van der Waals surface area contributed by atoms with Crippen molar-refractivity contribution in [2.45, 2.75) is 63.1 Å². The van der Waals surface area contributed by atoms with E-state index in [0.717, 1.165) is 36.1 Å². The van der Waals surface area contributed by atoms with E-state index in [0.29, 0.717) is 11.5 Å². The molecule has 1 heterocycles. The molecule has 0 aliphatic heterocycles. The lowest BCUT2D eigenvalue weighted by Crippen LogP contribution is -2.34. The summed E-state index contributed by atoms with van der Waals surface area (Å²) in [5.74, 6) is 0.653. The highest BCUT2D eigenvalue weighted by molar-refractivity contribution is 7.91. The lowest BCUT2D eigenvalue weighted by molar-refractivity contribution is 0.0779. The molecule has 4 rings (SSSR count). The molecule has 8 heteroatoms. The smallest absolute Gasteiger partial charge is 0.332 e. The standard InChI is InChI=1S/C21H27N3O4S/c1-21(2,26)16-11-18(28-12-16)29(22,27)24-20(25)23-19-15(10-13-4-3-5-13)7-6-14-8-9-17(14)19/h6-7,11-13,26H,3-5,8-10H2,1-2H3,(H3,22,23,24,25,27)/t29-/m1/s1. The van der Waals surface area contributed by atoms with Crippen molar-refractivity contribution in [1.82, 2.24) is 4.72 Å². The largest absolute Gasteiger partial charge is 0.452 e. The van der Waals surface area contributed by atoms with Crippen LogP contribution >= 0.6 is 0 Å². The van der Waals surface area contributed by atoms with Crippen LogP contribution in [0.1, 0.15) is 55.4 Å². The number of carbonyl (C=O) groups is 1. The molecule has 1 atom stereocenters. The summed E-state index contributed by atoms with van der Waals surface area (Å²) in [6, 6.07) is 4.85. The van der Waals surface area contributed by atoms with Crippen molar-refractivity contribution >= 4 is 21.6 Å². The van der Waals surface area contributed by atoms with E-state index in [-0.39, 0.29) is 5.09 Å². The normalized spacial score (nSPS) is 18.2. The van der Waals surface area contributed by atoms with Gasteiger partial charge in [0.15, 0.2) is 9.92 Å². The Hall–Kier alpha value is -2.32. The Morgan fingerprint density at radius 3 is 2.66 bits per heavy atom. The molecule has 2 aliphatic carbocycles. The van der Waals surface area contributed by atoms with E-state index in [9.17, 15) is 14.1 Å². The predicted octanol–water partition coefficient (Wildman–Crippen LogP) is 4.09. The molecule has 1 aromatic heterocycles. The second-order valence-electron chi connectivity index (χ2n) is 8.56. The average Bonchev–Trinajstić information content (AvgIpc) is 3.04. The third-order valence-corrected chi connectivity index (χ3v) is 7.17. The van der Waals surface area contributed by atoms with E-state index < -0.39 is 21.5 Å². The Kier molecular flexibility index (Phi) is 4.94. The highest BCUT2D eigenvalue weighted by Crippen LogP contribution is 2.37. The van der Waals surface area contributed by atoms with Gasteiger partial charge in [0.2, 0.25) is 5.09 Å². The van der Waals surface area contributed by atoms with Gasteiger partial charge in [0.1, 0.15) is 0 Å². The number of aryl methyl sites for hydroxylation is 1. The third kappa shape index (κ3) is 4.04. The summed E-state index contributed by atoms with van der Waals surface area (Å²) in [5, 5.41) is 12.7. The van der Waals surface area contributed by atoms with Crippen molar-refractivity contribution in [2.24, 2.45) is 5.92 Å². The second-order valence-corrected chi connectivity index (χ2v) is 10.3. The van der Waals surface area contributed by atoms with Crippen molar-refractivity contribution in [2.75, 3.05) is 5.32 Å². The van der Waals surface area contributed by atoms with Crippen LogP contribution in [-0.4, -0.2) is 15.3 Å². The summed E-state index contributed by atoms with van der Waals surface area (Å²) in [6.45, 7) is 3.12. The highest BCUT2D eigenvalue weighted by atomic mass is 32.2. The summed E-state index contributed by atoms with van der Waals surface area (Å²) >= 11 is 0. The number of hydrogen-bond donors (Lipinski definition) is 4. The number of nitrogens with one attached hydrogen (secondary N) is 3. The Labute approximate surface area is 171 Å². The molecule has 0 saturated heterocycles. The lowest BCUT2D eigenvalue weighted by Gasteiger charge is -2.30. The van der Waals surface area contributed by atoms with Gasteiger partial charge in [-0.05, 0) is 55.7 Å². The van der Waals surface area contributed by atoms with Crippen molar-refractivity contribution in [3.05, 3.63) is 46.7 Å². The van der Waals surface area contributed by atoms with Crippen LogP contribution in [0.3, 0.4) is 0 Å². The number of amides is 2. The molecule has 0 unspecified atom stereocenters. The number of anilines is 1. The number of aliphatic hydroxyl groups is 1. The Morgan fingerprint density at radius 1 is 1.34 bits per heavy atom. The van der Waals surface area contributed by atoms with E-state index >= 15 is 0 Å². The van der Waals surface area contributed by atoms with Gasteiger partial charge in [0.25, 0.3) is 0 Å². The van der Waals surface area contributed by atoms with Crippen LogP contribution in [0.25, 0.3) is 0 Å². The zero-order valence-corrected chi connectivity index (χ0v) is 17.5. The van der Waals surface area contributed by atoms with Gasteiger partial charge in [-0.2, -0.15) is 0 Å². The fourth-order valence-electron chi connectivity index (χ4n) is 3.78. The molecule has 1 saturated carbocycles. The zero-order chi connectivity index (χ0) is 20.8. The number of benzene rings is 1. The van der Waals surface area contributed by atoms with Gasteiger partial charge in [0.05, 0.1) is 11.9 Å². The Balaban J connectivity index is 1.51. The first-order valence-electron chi connectivity index (χ1n) is 9.96. The molecule has 0 radical (unpaired) electrons. The molecule has 7 nitrogen and oxygen atoms in total. The molecule has 1 aromatic carbocycles. The lowest BCUT2D eigenvalue weighted by atomic mass is 9.78. The minimum atomic E-state index is -3.69. The molecule has 2 amide bonds. The first-order valence-corrected chi connectivity index (χ1v) is 11.5. The van der Waals surface area contributed by atoms with Gasteiger partial charge in [-0.3, -0.25) is 0 Å². The van der Waals surface area contributed by atoms with Gasteiger partial charge >= 0.3 is 6.03 Å². The van der Waals surface area contributed by atoms with Gasteiger partial charge in [-0.25, -0.2) is 18.5 Å². The van der Waals surface area contributed by atoms with Crippen molar-refractivity contribution < 1.29 is 18.5 Å². The predicted molar refractivity (Wildman–Crippen MR) is 110 cm³/mol. The summed E-state index contributed by atoms with van der Waals surface area (Å²) in [7, 11) is -3.69. The van der Waals surface area contributed by atoms with Crippen molar-refractivity contribution in [3.63, 3.8) is 0 Å². The maximum atomic E-state index is 12.7. The van der Waals surface area contributed by atoms with E-state index in [2.05, 4.69) is 22.2 Å². The number of furan rings is 1. The molecule has 29 heavy (non-hydrogen) atoms. The monoisotopic (exact) mass is 417 g/mol. The van der Waals surface area contributed by atoms with Crippen LogP contribution in [0, 0.1) is 10.7 Å². The zero-order valence-electron chi connectivity index (χ0n) is 16.7. The fourth-order valence-corrected chi connectivity index (χ4v) is 4.67. The molecule has 156 valence electrons. The Morgan fingerprint density at radius 2 is 2.10 bits per heavy atom. The molecular weight excluding hydrogens is 390 g/mol. The first-order chi connectivity index (χ1) is 13.6. The summed E-state index contributed by atoms with van der Waals surface area (Å²) in [6.07, 6.45) is 7.77. The molecule has 0 bridgehead atoms. The van der Waals surface area contributed by atoms with E-state index in [1.54, 1.807) is 13.8 Å². The topological polar surface area (TPSA) is 115 Å². The van der Waals surface area contributed by atoms with Gasteiger partial charge in [-0.1, -0.05) is 31.4 Å². The number of fused-ring (bicyclic) bond motifs is 1. The number of urea groups is 1. The van der Waals surface area contributed by atoms with Crippen molar-refractivity contribution in [3.8, 4) is 0 Å². The molecule has 4 N–H and O–H groups in total. The van der Waals surface area contributed by atoms with E-state index in [1.807, 2.05) is 0 Å². The summed E-state index contributed by atoms with van der Waals surface area (Å²) < 4.78 is 28.2.